The number of thiophene rings is 1. The summed E-state index contributed by atoms with van der Waals surface area (Å²) >= 11 is 1.69. The van der Waals surface area contributed by atoms with Gasteiger partial charge >= 0.3 is 0 Å². The van der Waals surface area contributed by atoms with Crippen molar-refractivity contribution in [1.29, 1.82) is 0 Å². The number of hydrogen-bond acceptors (Lipinski definition) is 3. The molecule has 0 aliphatic rings. The second kappa shape index (κ2) is 5.80. The van der Waals surface area contributed by atoms with Crippen molar-refractivity contribution in [3.05, 3.63) is 58.3 Å². The molecule has 2 nitrogen and oxygen atoms in total. The highest BCUT2D eigenvalue weighted by molar-refractivity contribution is 7.07. The summed E-state index contributed by atoms with van der Waals surface area (Å²) < 4.78 is 0. The molecule has 0 saturated carbocycles. The molecule has 0 amide bonds. The Hall–Kier alpha value is -1.16. The predicted molar refractivity (Wildman–Crippen MR) is 67.4 cm³/mol. The van der Waals surface area contributed by atoms with Crippen molar-refractivity contribution in [3.63, 3.8) is 0 Å². The van der Waals surface area contributed by atoms with Crippen molar-refractivity contribution in [3.8, 4) is 0 Å². The molecule has 1 atom stereocenters. The van der Waals surface area contributed by atoms with E-state index >= 15 is 0 Å². The van der Waals surface area contributed by atoms with E-state index in [1.54, 1.807) is 11.3 Å². The lowest BCUT2D eigenvalue weighted by atomic mass is 10.1. The third-order valence-electron chi connectivity index (χ3n) is 2.52. The lowest BCUT2D eigenvalue weighted by Crippen LogP contribution is -2.23. The molecule has 84 valence electrons. The maximum Gasteiger partial charge on any atom is 0.0626 e. The Bertz CT molecular complexity index is 399. The molecule has 1 aromatic carbocycles. The van der Waals surface area contributed by atoms with Crippen LogP contribution < -0.4 is 5.32 Å². The minimum absolute atomic E-state index is 0.0149. The van der Waals surface area contributed by atoms with Gasteiger partial charge in [-0.25, -0.2) is 0 Å². The van der Waals surface area contributed by atoms with Crippen LogP contribution >= 0.6 is 11.3 Å². The average Bonchev–Trinajstić information content (AvgIpc) is 2.84. The zero-order valence-electron chi connectivity index (χ0n) is 8.97. The van der Waals surface area contributed by atoms with Gasteiger partial charge in [-0.15, -0.1) is 0 Å². The van der Waals surface area contributed by atoms with Gasteiger partial charge in [0.25, 0.3) is 0 Å². The molecule has 3 heteroatoms. The van der Waals surface area contributed by atoms with Crippen molar-refractivity contribution < 1.29 is 5.11 Å². The third-order valence-corrected chi connectivity index (χ3v) is 3.25. The first-order chi connectivity index (χ1) is 7.90. The topological polar surface area (TPSA) is 32.3 Å². The second-order valence-corrected chi connectivity index (χ2v) is 4.44. The summed E-state index contributed by atoms with van der Waals surface area (Å²) in [5, 5.41) is 16.9. The fourth-order valence-electron chi connectivity index (χ4n) is 1.61. The summed E-state index contributed by atoms with van der Waals surface area (Å²) in [6.07, 6.45) is 0. The minimum Gasteiger partial charge on any atom is -0.394 e. The largest absolute Gasteiger partial charge is 0.394 e. The molecule has 0 bridgehead atoms. The van der Waals surface area contributed by atoms with Crippen LogP contribution in [0.25, 0.3) is 0 Å². The van der Waals surface area contributed by atoms with Gasteiger partial charge in [0.2, 0.25) is 0 Å². The number of nitrogens with one attached hydrogen (secondary N) is 1. The summed E-state index contributed by atoms with van der Waals surface area (Å²) in [6, 6.07) is 12.1. The van der Waals surface area contributed by atoms with Crippen LogP contribution in [0.4, 0.5) is 0 Å². The van der Waals surface area contributed by atoms with Gasteiger partial charge in [0.1, 0.15) is 0 Å². The number of aliphatic hydroxyl groups is 1. The van der Waals surface area contributed by atoms with Crippen molar-refractivity contribution in [1.82, 2.24) is 5.32 Å². The standard InChI is InChI=1S/C13H15NOS/c15-9-13(12-4-2-1-3-5-12)14-8-11-6-7-16-10-11/h1-7,10,13-15H,8-9H2/t13-/m0/s1. The Morgan fingerprint density at radius 3 is 2.62 bits per heavy atom. The minimum atomic E-state index is 0.0149. The van der Waals surface area contributed by atoms with Crippen LogP contribution in [0.3, 0.4) is 0 Å². The first-order valence-electron chi connectivity index (χ1n) is 5.30. The Balaban J connectivity index is 1.96. The van der Waals surface area contributed by atoms with Gasteiger partial charge < -0.3 is 10.4 Å². The lowest BCUT2D eigenvalue weighted by Gasteiger charge is -2.16. The second-order valence-electron chi connectivity index (χ2n) is 3.66. The Morgan fingerprint density at radius 1 is 1.19 bits per heavy atom. The highest BCUT2D eigenvalue weighted by Gasteiger charge is 2.08. The molecule has 0 saturated heterocycles. The van der Waals surface area contributed by atoms with E-state index in [2.05, 4.69) is 22.1 Å². The van der Waals surface area contributed by atoms with Gasteiger partial charge in [0.15, 0.2) is 0 Å². The molecular formula is C13H15NOS. The van der Waals surface area contributed by atoms with E-state index in [4.69, 9.17) is 0 Å². The predicted octanol–water partition coefficient (Wildman–Crippen LogP) is 2.57. The van der Waals surface area contributed by atoms with Crippen molar-refractivity contribution in [2.45, 2.75) is 12.6 Å². The average molecular weight is 233 g/mol. The van der Waals surface area contributed by atoms with E-state index in [1.165, 1.54) is 5.56 Å². The highest BCUT2D eigenvalue weighted by atomic mass is 32.1. The lowest BCUT2D eigenvalue weighted by molar-refractivity contribution is 0.243. The number of benzene rings is 1. The first kappa shape index (κ1) is 11.3. The number of aliphatic hydroxyl groups excluding tert-OH is 1. The molecule has 0 unspecified atom stereocenters. The maximum atomic E-state index is 9.35. The van der Waals surface area contributed by atoms with Gasteiger partial charge in [0, 0.05) is 6.54 Å². The van der Waals surface area contributed by atoms with Gasteiger partial charge in [-0.1, -0.05) is 30.3 Å². The number of rotatable bonds is 5. The fraction of sp³-hybridized carbons (Fsp3) is 0.231. The summed E-state index contributed by atoms with van der Waals surface area (Å²) in [4.78, 5) is 0. The normalized spacial score (nSPS) is 12.6. The monoisotopic (exact) mass is 233 g/mol. The number of hydrogen-bond donors (Lipinski definition) is 2. The highest BCUT2D eigenvalue weighted by Crippen LogP contribution is 2.13. The molecule has 2 rings (SSSR count). The maximum absolute atomic E-state index is 9.35. The van der Waals surface area contributed by atoms with Crippen LogP contribution in [0.15, 0.2) is 47.2 Å². The summed E-state index contributed by atoms with van der Waals surface area (Å²) in [5.41, 5.74) is 2.39. The van der Waals surface area contributed by atoms with E-state index in [-0.39, 0.29) is 12.6 Å². The Kier molecular flexibility index (Phi) is 4.10. The third kappa shape index (κ3) is 2.92. The molecule has 0 fully saturated rings. The van der Waals surface area contributed by atoms with Gasteiger partial charge in [-0.05, 0) is 28.0 Å². The SMILES string of the molecule is OC[C@H](NCc1ccsc1)c1ccccc1. The molecule has 2 aromatic rings. The van der Waals surface area contributed by atoms with Crippen molar-refractivity contribution in [2.24, 2.45) is 0 Å². The summed E-state index contributed by atoms with van der Waals surface area (Å²) in [7, 11) is 0. The van der Waals surface area contributed by atoms with Crippen LogP contribution in [0.2, 0.25) is 0 Å². The summed E-state index contributed by atoms with van der Waals surface area (Å²) in [6.45, 7) is 0.914. The molecule has 2 N–H and O–H groups in total. The molecule has 1 heterocycles. The zero-order chi connectivity index (χ0) is 11.2. The van der Waals surface area contributed by atoms with Crippen LogP contribution in [0.5, 0.6) is 0 Å². The van der Waals surface area contributed by atoms with Crippen molar-refractivity contribution >= 4 is 11.3 Å². The van der Waals surface area contributed by atoms with Crippen LogP contribution in [-0.4, -0.2) is 11.7 Å². The van der Waals surface area contributed by atoms with E-state index in [0.29, 0.717) is 0 Å². The van der Waals surface area contributed by atoms with Crippen LogP contribution in [0, 0.1) is 0 Å². The van der Waals surface area contributed by atoms with Crippen molar-refractivity contribution in [2.75, 3.05) is 6.61 Å². The van der Waals surface area contributed by atoms with E-state index in [1.807, 2.05) is 30.3 Å². The quantitative estimate of drug-likeness (QED) is 0.832. The first-order valence-corrected chi connectivity index (χ1v) is 6.24. The van der Waals surface area contributed by atoms with Gasteiger partial charge in [0.05, 0.1) is 12.6 Å². The molecule has 1 aromatic heterocycles. The van der Waals surface area contributed by atoms with E-state index < -0.39 is 0 Å². The smallest absolute Gasteiger partial charge is 0.0626 e. The molecular weight excluding hydrogens is 218 g/mol. The zero-order valence-corrected chi connectivity index (χ0v) is 9.78. The van der Waals surface area contributed by atoms with Crippen LogP contribution in [-0.2, 0) is 6.54 Å². The Labute approximate surface area is 99.6 Å². The molecule has 0 aliphatic carbocycles. The van der Waals surface area contributed by atoms with E-state index in [0.717, 1.165) is 12.1 Å². The van der Waals surface area contributed by atoms with Gasteiger partial charge in [-0.3, -0.25) is 0 Å². The molecule has 0 aliphatic heterocycles. The van der Waals surface area contributed by atoms with Gasteiger partial charge in [-0.2, -0.15) is 11.3 Å². The molecule has 0 spiro atoms. The van der Waals surface area contributed by atoms with E-state index in [9.17, 15) is 5.11 Å². The fourth-order valence-corrected chi connectivity index (χ4v) is 2.28. The van der Waals surface area contributed by atoms with Crippen LogP contribution in [0.1, 0.15) is 17.2 Å². The molecule has 0 radical (unpaired) electrons. The Morgan fingerprint density at radius 2 is 2.00 bits per heavy atom. The summed E-state index contributed by atoms with van der Waals surface area (Å²) in [5.74, 6) is 0. The molecule has 16 heavy (non-hydrogen) atoms.